The van der Waals surface area contributed by atoms with Crippen LogP contribution in [0.2, 0.25) is 0 Å². The minimum absolute atomic E-state index is 0.0510. The Hall–Kier alpha value is -2.34. The lowest BCUT2D eigenvalue weighted by molar-refractivity contribution is -0.126. The molecule has 1 saturated heterocycles. The SMILES string of the molecule is CCCc1ncc2c(n1)COC21CN(C(=O)c2cccc(C)n2)C1. The number of amides is 1. The molecule has 6 nitrogen and oxygen atoms in total. The number of ether oxygens (including phenoxy) is 1. The molecule has 2 aliphatic rings. The van der Waals surface area contributed by atoms with E-state index < -0.39 is 5.60 Å². The van der Waals surface area contributed by atoms with Crippen LogP contribution < -0.4 is 0 Å². The van der Waals surface area contributed by atoms with Crippen molar-refractivity contribution in [1.82, 2.24) is 19.9 Å². The standard InChI is InChI=1S/C18H20N4O2/c1-3-5-16-19-8-13-15(21-16)9-24-18(13)10-22(11-18)17(23)14-7-4-6-12(2)20-14/h4,6-8H,3,5,9-11H2,1-2H3. The van der Waals surface area contributed by atoms with Crippen LogP contribution >= 0.6 is 0 Å². The molecule has 0 bridgehead atoms. The van der Waals surface area contributed by atoms with Crippen LogP contribution in [-0.2, 0) is 23.4 Å². The Labute approximate surface area is 140 Å². The van der Waals surface area contributed by atoms with Crippen LogP contribution in [0.25, 0.3) is 0 Å². The van der Waals surface area contributed by atoms with Crippen molar-refractivity contribution in [2.24, 2.45) is 0 Å². The van der Waals surface area contributed by atoms with E-state index >= 15 is 0 Å². The zero-order valence-corrected chi connectivity index (χ0v) is 14.0. The lowest BCUT2D eigenvalue weighted by Gasteiger charge is -2.47. The van der Waals surface area contributed by atoms with E-state index in [0.29, 0.717) is 25.4 Å². The van der Waals surface area contributed by atoms with Crippen LogP contribution in [0.1, 0.15) is 46.6 Å². The predicted molar refractivity (Wildman–Crippen MR) is 87.4 cm³/mol. The molecular weight excluding hydrogens is 304 g/mol. The van der Waals surface area contributed by atoms with Crippen LogP contribution in [0, 0.1) is 6.92 Å². The van der Waals surface area contributed by atoms with E-state index in [1.165, 1.54) is 0 Å². The van der Waals surface area contributed by atoms with Gasteiger partial charge in [-0.1, -0.05) is 13.0 Å². The maximum absolute atomic E-state index is 12.5. The molecule has 6 heteroatoms. The Morgan fingerprint density at radius 2 is 2.17 bits per heavy atom. The first-order valence-electron chi connectivity index (χ1n) is 8.33. The molecule has 0 saturated carbocycles. The summed E-state index contributed by atoms with van der Waals surface area (Å²) in [6, 6.07) is 5.50. The summed E-state index contributed by atoms with van der Waals surface area (Å²) in [4.78, 5) is 27.7. The molecule has 2 aromatic heterocycles. The number of nitrogens with zero attached hydrogens (tertiary/aromatic N) is 4. The van der Waals surface area contributed by atoms with Crippen molar-refractivity contribution < 1.29 is 9.53 Å². The number of aryl methyl sites for hydroxylation is 2. The molecule has 2 aliphatic heterocycles. The molecule has 124 valence electrons. The number of fused-ring (bicyclic) bond motifs is 2. The molecule has 1 amide bonds. The maximum atomic E-state index is 12.5. The molecule has 0 atom stereocenters. The first-order valence-corrected chi connectivity index (χ1v) is 8.33. The predicted octanol–water partition coefficient (Wildman–Crippen LogP) is 2.01. The fraction of sp³-hybridized carbons (Fsp3) is 0.444. The van der Waals surface area contributed by atoms with E-state index in [0.717, 1.165) is 35.6 Å². The average molecular weight is 324 g/mol. The fourth-order valence-electron chi connectivity index (χ4n) is 3.38. The van der Waals surface area contributed by atoms with Crippen LogP contribution in [-0.4, -0.2) is 38.8 Å². The van der Waals surface area contributed by atoms with Crippen LogP contribution in [0.4, 0.5) is 0 Å². The fourth-order valence-corrected chi connectivity index (χ4v) is 3.38. The summed E-state index contributed by atoms with van der Waals surface area (Å²) in [6.07, 6.45) is 3.79. The zero-order valence-electron chi connectivity index (χ0n) is 14.0. The zero-order chi connectivity index (χ0) is 16.7. The monoisotopic (exact) mass is 324 g/mol. The number of aromatic nitrogens is 3. The number of carbonyl (C=O) groups excluding carboxylic acids is 1. The third-order valence-corrected chi connectivity index (χ3v) is 4.65. The van der Waals surface area contributed by atoms with Crippen LogP contribution in [0.3, 0.4) is 0 Å². The van der Waals surface area contributed by atoms with Crippen molar-refractivity contribution in [2.45, 2.75) is 38.9 Å². The molecule has 0 N–H and O–H groups in total. The van der Waals surface area contributed by atoms with Gasteiger partial charge in [0.15, 0.2) is 0 Å². The summed E-state index contributed by atoms with van der Waals surface area (Å²) in [6.45, 7) is 5.56. The lowest BCUT2D eigenvalue weighted by atomic mass is 9.87. The lowest BCUT2D eigenvalue weighted by Crippen LogP contribution is -2.61. The molecule has 0 aliphatic carbocycles. The topological polar surface area (TPSA) is 68.2 Å². The minimum Gasteiger partial charge on any atom is -0.360 e. The van der Waals surface area contributed by atoms with Gasteiger partial charge >= 0.3 is 0 Å². The largest absolute Gasteiger partial charge is 0.360 e. The van der Waals surface area contributed by atoms with E-state index in [4.69, 9.17) is 4.74 Å². The van der Waals surface area contributed by atoms with Gasteiger partial charge in [0.2, 0.25) is 0 Å². The van der Waals surface area contributed by atoms with Gasteiger partial charge in [-0.05, 0) is 25.5 Å². The summed E-state index contributed by atoms with van der Waals surface area (Å²) in [5.41, 5.74) is 2.89. The Morgan fingerprint density at radius 3 is 2.92 bits per heavy atom. The normalized spacial score (nSPS) is 17.7. The van der Waals surface area contributed by atoms with Gasteiger partial charge in [0, 0.05) is 23.9 Å². The maximum Gasteiger partial charge on any atom is 0.272 e. The van der Waals surface area contributed by atoms with Gasteiger partial charge in [0.05, 0.1) is 25.4 Å². The highest BCUT2D eigenvalue weighted by molar-refractivity contribution is 5.93. The number of hydrogen-bond donors (Lipinski definition) is 0. The summed E-state index contributed by atoms with van der Waals surface area (Å²) < 4.78 is 6.00. The smallest absolute Gasteiger partial charge is 0.272 e. The molecular formula is C18H20N4O2. The van der Waals surface area contributed by atoms with Crippen molar-refractivity contribution in [3.05, 3.63) is 52.9 Å². The number of carbonyl (C=O) groups is 1. The highest BCUT2D eigenvalue weighted by atomic mass is 16.5. The van der Waals surface area contributed by atoms with Crippen molar-refractivity contribution in [2.75, 3.05) is 13.1 Å². The minimum atomic E-state index is -0.431. The number of pyridine rings is 1. The van der Waals surface area contributed by atoms with Crippen molar-refractivity contribution >= 4 is 5.91 Å². The molecule has 0 unspecified atom stereocenters. The summed E-state index contributed by atoms with van der Waals surface area (Å²) in [7, 11) is 0. The van der Waals surface area contributed by atoms with Gasteiger partial charge in [-0.25, -0.2) is 15.0 Å². The third kappa shape index (κ3) is 2.38. The Balaban J connectivity index is 1.51. The van der Waals surface area contributed by atoms with Crippen molar-refractivity contribution in [1.29, 1.82) is 0 Å². The van der Waals surface area contributed by atoms with Gasteiger partial charge in [0.25, 0.3) is 5.91 Å². The molecule has 1 fully saturated rings. The summed E-state index contributed by atoms with van der Waals surface area (Å²) >= 11 is 0. The summed E-state index contributed by atoms with van der Waals surface area (Å²) in [5.74, 6) is 0.818. The Bertz CT molecular complexity index is 799. The number of rotatable bonds is 3. The van der Waals surface area contributed by atoms with Gasteiger partial charge in [-0.2, -0.15) is 0 Å². The van der Waals surface area contributed by atoms with E-state index in [1.54, 1.807) is 11.0 Å². The second kappa shape index (κ2) is 5.63. The second-order valence-corrected chi connectivity index (χ2v) is 6.50. The number of hydrogen-bond acceptors (Lipinski definition) is 5. The van der Waals surface area contributed by atoms with Gasteiger partial charge in [-0.15, -0.1) is 0 Å². The summed E-state index contributed by atoms with van der Waals surface area (Å²) in [5, 5.41) is 0. The molecule has 0 radical (unpaired) electrons. The highest BCUT2D eigenvalue weighted by Gasteiger charge is 2.52. The second-order valence-electron chi connectivity index (χ2n) is 6.50. The molecule has 0 aromatic carbocycles. The first kappa shape index (κ1) is 15.2. The average Bonchev–Trinajstić information content (AvgIpc) is 2.92. The highest BCUT2D eigenvalue weighted by Crippen LogP contribution is 2.42. The molecule has 4 heterocycles. The van der Waals surface area contributed by atoms with E-state index in [-0.39, 0.29) is 5.91 Å². The van der Waals surface area contributed by atoms with Crippen LogP contribution in [0.15, 0.2) is 24.4 Å². The molecule has 2 aromatic rings. The first-order chi connectivity index (χ1) is 11.6. The van der Waals surface area contributed by atoms with E-state index in [9.17, 15) is 4.79 Å². The van der Waals surface area contributed by atoms with Gasteiger partial charge in [-0.3, -0.25) is 4.79 Å². The van der Waals surface area contributed by atoms with Crippen LogP contribution in [0.5, 0.6) is 0 Å². The van der Waals surface area contributed by atoms with Gasteiger partial charge in [0.1, 0.15) is 17.1 Å². The molecule has 1 spiro atoms. The number of likely N-dealkylation sites (tertiary alicyclic amines) is 1. The van der Waals surface area contributed by atoms with Crippen molar-refractivity contribution in [3.63, 3.8) is 0 Å². The third-order valence-electron chi connectivity index (χ3n) is 4.65. The Morgan fingerprint density at radius 1 is 1.33 bits per heavy atom. The van der Waals surface area contributed by atoms with E-state index in [2.05, 4.69) is 21.9 Å². The quantitative estimate of drug-likeness (QED) is 0.864. The van der Waals surface area contributed by atoms with E-state index in [1.807, 2.05) is 25.3 Å². The van der Waals surface area contributed by atoms with Crippen molar-refractivity contribution in [3.8, 4) is 0 Å². The molecule has 4 rings (SSSR count). The van der Waals surface area contributed by atoms with Gasteiger partial charge < -0.3 is 9.64 Å². The Kier molecular flexibility index (Phi) is 3.57. The molecule has 24 heavy (non-hydrogen) atoms.